The molecule has 1 amide bonds. The molecule has 13 heteroatoms. The Kier molecular flexibility index (Phi) is 6.29. The van der Waals surface area contributed by atoms with Gasteiger partial charge in [-0.1, -0.05) is 17.3 Å². The molecule has 10 nitrogen and oxygen atoms in total. The summed E-state index contributed by atoms with van der Waals surface area (Å²) in [5.41, 5.74) is 0.0667. The van der Waals surface area contributed by atoms with Crippen molar-refractivity contribution in [3.63, 3.8) is 0 Å². The molecule has 0 fully saturated rings. The maximum atomic E-state index is 12.5. The highest BCUT2D eigenvalue weighted by molar-refractivity contribution is 7.14. The monoisotopic (exact) mass is 422 g/mol. The van der Waals surface area contributed by atoms with Crippen LogP contribution in [0, 0.1) is 0 Å². The van der Waals surface area contributed by atoms with Crippen molar-refractivity contribution < 1.29 is 34.0 Å². The van der Waals surface area contributed by atoms with E-state index >= 15 is 0 Å². The predicted octanol–water partition coefficient (Wildman–Crippen LogP) is 0.541. The van der Waals surface area contributed by atoms with Crippen LogP contribution in [-0.4, -0.2) is 64.2 Å². The van der Waals surface area contributed by atoms with E-state index in [-0.39, 0.29) is 30.0 Å². The number of hydrogen-bond acceptors (Lipinski definition) is 9. The van der Waals surface area contributed by atoms with Gasteiger partial charge in [-0.25, -0.2) is 14.2 Å². The number of para-hydroxylation sites is 1. The van der Waals surface area contributed by atoms with Crippen molar-refractivity contribution in [1.29, 1.82) is 0 Å². The van der Waals surface area contributed by atoms with E-state index in [1.165, 1.54) is 17.5 Å². The smallest absolute Gasteiger partial charge is 0.534 e. The maximum Gasteiger partial charge on any atom is 0.547 e. The molecule has 2 heterocycles. The summed E-state index contributed by atoms with van der Waals surface area (Å²) in [6.45, 7) is -0.547. The van der Waals surface area contributed by atoms with Crippen molar-refractivity contribution >= 4 is 41.2 Å². The second kappa shape index (κ2) is 8.88. The molecule has 0 bridgehead atoms. The Bertz CT molecular complexity index is 955. The van der Waals surface area contributed by atoms with Crippen LogP contribution in [0.15, 0.2) is 28.7 Å². The number of rotatable bonds is 7. The zero-order valence-corrected chi connectivity index (χ0v) is 15.6. The minimum Gasteiger partial charge on any atom is -0.534 e. The zero-order valence-electron chi connectivity index (χ0n) is 14.8. The lowest BCUT2D eigenvalue weighted by Crippen LogP contribution is -2.54. The minimum absolute atomic E-state index is 0.0390. The average molecular weight is 422 g/mol. The third-order valence-electron chi connectivity index (χ3n) is 4.10. The van der Waals surface area contributed by atoms with Gasteiger partial charge in [0.25, 0.3) is 5.91 Å². The number of nitrogens with zero attached hydrogens (tertiary/aromatic N) is 2. The van der Waals surface area contributed by atoms with Crippen LogP contribution >= 0.6 is 11.3 Å². The van der Waals surface area contributed by atoms with E-state index in [9.17, 15) is 29.3 Å². The fourth-order valence-corrected chi connectivity index (χ4v) is 3.51. The number of amides is 1. The molecule has 1 aromatic heterocycles. The number of carboxylic acids is 1. The van der Waals surface area contributed by atoms with E-state index in [2.05, 4.69) is 20.8 Å². The number of hydrogen-bond donors (Lipinski definition) is 5. The van der Waals surface area contributed by atoms with Crippen LogP contribution in [0.3, 0.4) is 0 Å². The lowest BCUT2D eigenvalue weighted by molar-refractivity contribution is -0.115. The van der Waals surface area contributed by atoms with Gasteiger partial charge in [0.15, 0.2) is 10.8 Å². The van der Waals surface area contributed by atoms with Crippen molar-refractivity contribution in [2.75, 3.05) is 18.5 Å². The van der Waals surface area contributed by atoms with Gasteiger partial charge >= 0.3 is 13.1 Å². The van der Waals surface area contributed by atoms with Crippen LogP contribution in [0.1, 0.15) is 21.6 Å². The molecular weight excluding hydrogens is 406 g/mol. The summed E-state index contributed by atoms with van der Waals surface area (Å²) < 4.78 is 17.5. The molecule has 29 heavy (non-hydrogen) atoms. The fraction of sp³-hybridized carbons (Fsp3) is 0.250. The first-order chi connectivity index (χ1) is 13.9. The highest BCUT2D eigenvalue weighted by Crippen LogP contribution is 2.30. The normalized spacial score (nSPS) is 16.0. The number of carbonyl (C=O) groups excluding carboxylic acids is 1. The molecule has 0 radical (unpaired) electrons. The van der Waals surface area contributed by atoms with E-state index < -0.39 is 37.3 Å². The minimum atomic E-state index is -1.51. The van der Waals surface area contributed by atoms with Gasteiger partial charge in [0.2, 0.25) is 0 Å². The van der Waals surface area contributed by atoms with Gasteiger partial charge in [0, 0.05) is 11.9 Å². The molecule has 1 aliphatic rings. The number of halogens is 1. The van der Waals surface area contributed by atoms with Gasteiger partial charge in [0.1, 0.15) is 18.1 Å². The number of alkyl halides is 1. The molecule has 1 atom stereocenters. The summed E-state index contributed by atoms with van der Waals surface area (Å²) in [5.74, 6) is -2.90. The van der Waals surface area contributed by atoms with E-state index in [1.54, 1.807) is 6.07 Å². The molecule has 2 aromatic rings. The lowest BCUT2D eigenvalue weighted by atomic mass is 9.72. The van der Waals surface area contributed by atoms with Gasteiger partial charge < -0.3 is 30.6 Å². The third-order valence-corrected chi connectivity index (χ3v) is 4.90. The van der Waals surface area contributed by atoms with Crippen LogP contribution in [0.2, 0.25) is 0 Å². The molecular formula is C16H16BFN4O6S. The Morgan fingerprint density at radius 2 is 2.24 bits per heavy atom. The molecule has 152 valence electrons. The summed E-state index contributed by atoms with van der Waals surface area (Å²) >= 11 is 1.10. The summed E-state index contributed by atoms with van der Waals surface area (Å²) in [6.07, 6.45) is 0.0996. The fourth-order valence-electron chi connectivity index (χ4n) is 2.78. The Labute approximate surface area is 168 Å². The van der Waals surface area contributed by atoms with Crippen LogP contribution in [0.25, 0.3) is 0 Å². The summed E-state index contributed by atoms with van der Waals surface area (Å²) in [6, 6.07) is 4.50. The molecule has 5 N–H and O–H groups in total. The van der Waals surface area contributed by atoms with Crippen LogP contribution < -0.4 is 15.3 Å². The van der Waals surface area contributed by atoms with Crippen LogP contribution in [0.4, 0.5) is 9.52 Å². The second-order valence-electron chi connectivity index (χ2n) is 5.99. The van der Waals surface area contributed by atoms with Crippen LogP contribution in [-0.2, 0) is 11.2 Å². The number of oxime groups is 1. The molecule has 3 rings (SSSR count). The molecule has 0 spiro atoms. The van der Waals surface area contributed by atoms with Crippen molar-refractivity contribution in [2.45, 2.75) is 12.4 Å². The first-order valence-electron chi connectivity index (χ1n) is 8.43. The topological polar surface area (TPSA) is 153 Å². The number of aromatic carboxylic acids is 1. The molecule has 1 unspecified atom stereocenters. The molecule has 0 aliphatic carbocycles. The zero-order chi connectivity index (χ0) is 21.0. The number of carbonyl (C=O) groups is 2. The number of benzene rings is 1. The summed E-state index contributed by atoms with van der Waals surface area (Å²) in [4.78, 5) is 27.9. The van der Waals surface area contributed by atoms with Gasteiger partial charge in [-0.05, 0) is 18.1 Å². The Hall–Kier alpha value is -3.19. The Morgan fingerprint density at radius 3 is 2.93 bits per heavy atom. The maximum absolute atomic E-state index is 12.5. The van der Waals surface area contributed by atoms with Crippen molar-refractivity contribution in [3.05, 3.63) is 40.4 Å². The lowest BCUT2D eigenvalue weighted by Gasteiger charge is -2.28. The van der Waals surface area contributed by atoms with E-state index in [1.807, 2.05) is 0 Å². The summed E-state index contributed by atoms with van der Waals surface area (Å²) in [7, 11) is -1.51. The quantitative estimate of drug-likeness (QED) is 0.188. The average Bonchev–Trinajstić information content (AvgIpc) is 3.15. The van der Waals surface area contributed by atoms with Gasteiger partial charge in [-0.2, -0.15) is 0 Å². The van der Waals surface area contributed by atoms with Gasteiger partial charge in [-0.15, -0.1) is 11.3 Å². The Morgan fingerprint density at radius 1 is 1.45 bits per heavy atom. The number of nitrogens with one attached hydrogen (secondary N) is 2. The van der Waals surface area contributed by atoms with E-state index in [4.69, 9.17) is 4.65 Å². The molecule has 0 saturated heterocycles. The molecule has 1 aromatic carbocycles. The van der Waals surface area contributed by atoms with Gasteiger partial charge in [0.05, 0.1) is 11.5 Å². The van der Waals surface area contributed by atoms with E-state index in [0.717, 1.165) is 11.3 Å². The number of fused-ring (bicyclic) bond motifs is 1. The largest absolute Gasteiger partial charge is 0.547 e. The SMILES string of the molecule is O=C(NC1Cc2cccc(C(=O)O)c2OB1O)C(=NO)c1csc(NCCF)n1. The first kappa shape index (κ1) is 20.5. The number of carboxylic acid groups (broad SMARTS) is 1. The van der Waals surface area contributed by atoms with Crippen molar-refractivity contribution in [3.8, 4) is 5.75 Å². The standard InChI is InChI=1S/C16H16BFN4O6S/c18-4-5-19-16-20-10(7-29-16)12(22-27)14(23)21-11-6-8-2-1-3-9(15(24)25)13(8)28-17(11)26/h1-3,7,11,26-27H,4-6H2,(H,19,20)(H,21,23)(H,24,25). The molecule has 0 saturated carbocycles. The number of anilines is 1. The van der Waals surface area contributed by atoms with Gasteiger partial charge in [-0.3, -0.25) is 4.79 Å². The summed E-state index contributed by atoms with van der Waals surface area (Å²) in [5, 5.41) is 38.6. The second-order valence-corrected chi connectivity index (χ2v) is 6.85. The van der Waals surface area contributed by atoms with Crippen molar-refractivity contribution in [1.82, 2.24) is 10.3 Å². The highest BCUT2D eigenvalue weighted by Gasteiger charge is 2.38. The van der Waals surface area contributed by atoms with Crippen molar-refractivity contribution in [2.24, 2.45) is 5.16 Å². The predicted molar refractivity (Wildman–Crippen MR) is 103 cm³/mol. The number of aromatic nitrogens is 1. The van der Waals surface area contributed by atoms with E-state index in [0.29, 0.717) is 10.7 Å². The third kappa shape index (κ3) is 4.46. The molecule has 1 aliphatic heterocycles. The number of thiazole rings is 1. The highest BCUT2D eigenvalue weighted by atomic mass is 32.1. The first-order valence-corrected chi connectivity index (χ1v) is 9.31. The Balaban J connectivity index is 1.73. The van der Waals surface area contributed by atoms with Crippen LogP contribution in [0.5, 0.6) is 5.75 Å².